The highest BCUT2D eigenvalue weighted by Crippen LogP contribution is 2.22. The Hall–Kier alpha value is -2.04. The summed E-state index contributed by atoms with van der Waals surface area (Å²) < 4.78 is 0. The maximum Gasteiger partial charge on any atom is 0.234 e. The topological polar surface area (TPSA) is 35.6 Å². The number of nitrogens with zero attached hydrogens (tertiary/aromatic N) is 2. The molecule has 1 heterocycles. The van der Waals surface area contributed by atoms with E-state index in [2.05, 4.69) is 47.2 Å². The van der Waals surface area contributed by atoms with E-state index >= 15 is 0 Å². The van der Waals surface area contributed by atoms with Gasteiger partial charge in [0.15, 0.2) is 0 Å². The molecule has 2 aromatic rings. The highest BCUT2D eigenvalue weighted by molar-refractivity contribution is 6.31. The van der Waals surface area contributed by atoms with E-state index in [-0.39, 0.29) is 5.91 Å². The van der Waals surface area contributed by atoms with Crippen molar-refractivity contribution >= 4 is 23.2 Å². The molecule has 0 spiro atoms. The molecule has 1 N–H and O–H groups in total. The van der Waals surface area contributed by atoms with E-state index < -0.39 is 0 Å². The third kappa shape index (κ3) is 4.77. The van der Waals surface area contributed by atoms with Gasteiger partial charge in [0.25, 0.3) is 0 Å². The van der Waals surface area contributed by atoms with Crippen LogP contribution in [0.3, 0.4) is 0 Å². The fourth-order valence-electron chi connectivity index (χ4n) is 3.30. The second-order valence-corrected chi connectivity index (χ2v) is 7.33. The lowest BCUT2D eigenvalue weighted by Crippen LogP contribution is -2.49. The summed E-state index contributed by atoms with van der Waals surface area (Å²) in [6, 6.07) is 14.2. The van der Waals surface area contributed by atoms with Gasteiger partial charge in [-0.15, -0.1) is 0 Å². The number of aryl methyl sites for hydroxylation is 2. The Morgan fingerprint density at radius 3 is 2.54 bits per heavy atom. The number of nitrogens with one attached hydrogen (secondary N) is 1. The molecule has 1 fully saturated rings. The first-order chi connectivity index (χ1) is 12.5. The number of carbonyl (C=O) groups excluding carboxylic acids is 1. The van der Waals surface area contributed by atoms with E-state index in [4.69, 9.17) is 11.6 Å². The van der Waals surface area contributed by atoms with Crippen LogP contribution >= 0.6 is 11.6 Å². The SMILES string of the molecule is Cc1ccc(C)c(N2CCN(CC(=O)NCc3ccccc3Cl)CC2)c1. The van der Waals surface area contributed by atoms with E-state index in [1.165, 1.54) is 16.8 Å². The zero-order valence-electron chi connectivity index (χ0n) is 15.5. The van der Waals surface area contributed by atoms with Crippen LogP contribution in [0.4, 0.5) is 5.69 Å². The van der Waals surface area contributed by atoms with Crippen molar-refractivity contribution in [2.75, 3.05) is 37.6 Å². The largest absolute Gasteiger partial charge is 0.369 e. The van der Waals surface area contributed by atoms with Crippen LogP contribution < -0.4 is 10.2 Å². The third-order valence-corrected chi connectivity index (χ3v) is 5.25. The van der Waals surface area contributed by atoms with Gasteiger partial charge in [-0.3, -0.25) is 9.69 Å². The lowest BCUT2D eigenvalue weighted by atomic mass is 10.1. The number of anilines is 1. The highest BCUT2D eigenvalue weighted by atomic mass is 35.5. The van der Waals surface area contributed by atoms with Gasteiger partial charge in [0, 0.05) is 43.4 Å². The number of carbonyl (C=O) groups is 1. The van der Waals surface area contributed by atoms with Crippen LogP contribution in [-0.4, -0.2) is 43.5 Å². The summed E-state index contributed by atoms with van der Waals surface area (Å²) in [5.41, 5.74) is 4.85. The highest BCUT2D eigenvalue weighted by Gasteiger charge is 2.20. The molecule has 0 aliphatic carbocycles. The van der Waals surface area contributed by atoms with E-state index in [0.717, 1.165) is 31.7 Å². The van der Waals surface area contributed by atoms with Crippen LogP contribution in [0, 0.1) is 13.8 Å². The molecule has 0 radical (unpaired) electrons. The molecule has 0 saturated carbocycles. The molecular formula is C21H26ClN3O. The predicted octanol–water partition coefficient (Wildman–Crippen LogP) is 3.40. The van der Waals surface area contributed by atoms with Gasteiger partial charge >= 0.3 is 0 Å². The number of benzene rings is 2. The minimum atomic E-state index is 0.0464. The van der Waals surface area contributed by atoms with Gasteiger partial charge in [0.05, 0.1) is 6.54 Å². The van der Waals surface area contributed by atoms with E-state index in [1.807, 2.05) is 24.3 Å². The third-order valence-electron chi connectivity index (χ3n) is 4.88. The smallest absolute Gasteiger partial charge is 0.234 e. The molecule has 26 heavy (non-hydrogen) atoms. The molecule has 0 unspecified atom stereocenters. The Morgan fingerprint density at radius 1 is 1.08 bits per heavy atom. The molecular weight excluding hydrogens is 346 g/mol. The molecule has 138 valence electrons. The molecule has 4 nitrogen and oxygen atoms in total. The normalized spacial score (nSPS) is 15.1. The quantitative estimate of drug-likeness (QED) is 0.875. The Balaban J connectivity index is 1.47. The van der Waals surface area contributed by atoms with Crippen molar-refractivity contribution in [3.05, 3.63) is 64.2 Å². The summed E-state index contributed by atoms with van der Waals surface area (Å²) in [4.78, 5) is 16.9. The van der Waals surface area contributed by atoms with E-state index in [0.29, 0.717) is 18.1 Å². The average molecular weight is 372 g/mol. The Kier molecular flexibility index (Phi) is 6.17. The Morgan fingerprint density at radius 2 is 1.81 bits per heavy atom. The number of hydrogen-bond donors (Lipinski definition) is 1. The number of halogens is 1. The zero-order chi connectivity index (χ0) is 18.5. The van der Waals surface area contributed by atoms with Crippen LogP contribution in [0.25, 0.3) is 0 Å². The molecule has 1 amide bonds. The van der Waals surface area contributed by atoms with Crippen molar-refractivity contribution in [3.63, 3.8) is 0 Å². The minimum absolute atomic E-state index is 0.0464. The second-order valence-electron chi connectivity index (χ2n) is 6.92. The van der Waals surface area contributed by atoms with Crippen LogP contribution in [0.15, 0.2) is 42.5 Å². The monoisotopic (exact) mass is 371 g/mol. The van der Waals surface area contributed by atoms with Gasteiger partial charge in [-0.1, -0.05) is 41.9 Å². The summed E-state index contributed by atoms with van der Waals surface area (Å²) >= 11 is 6.13. The van der Waals surface area contributed by atoms with Crippen molar-refractivity contribution in [1.29, 1.82) is 0 Å². The first-order valence-electron chi connectivity index (χ1n) is 9.07. The van der Waals surface area contributed by atoms with Crippen molar-refractivity contribution in [2.45, 2.75) is 20.4 Å². The van der Waals surface area contributed by atoms with Gasteiger partial charge in [0.1, 0.15) is 0 Å². The lowest BCUT2D eigenvalue weighted by Gasteiger charge is -2.36. The summed E-state index contributed by atoms with van der Waals surface area (Å²) in [7, 11) is 0. The molecule has 3 rings (SSSR count). The maximum atomic E-state index is 12.2. The number of piperazine rings is 1. The molecule has 1 aliphatic rings. The first-order valence-corrected chi connectivity index (χ1v) is 9.45. The molecule has 1 saturated heterocycles. The van der Waals surface area contributed by atoms with Crippen molar-refractivity contribution < 1.29 is 4.79 Å². The van der Waals surface area contributed by atoms with Crippen molar-refractivity contribution in [3.8, 4) is 0 Å². The fraction of sp³-hybridized carbons (Fsp3) is 0.381. The van der Waals surface area contributed by atoms with Crippen LogP contribution in [-0.2, 0) is 11.3 Å². The van der Waals surface area contributed by atoms with Gasteiger partial charge in [-0.2, -0.15) is 0 Å². The lowest BCUT2D eigenvalue weighted by molar-refractivity contribution is -0.122. The summed E-state index contributed by atoms with van der Waals surface area (Å²) in [6.07, 6.45) is 0. The average Bonchev–Trinajstić information content (AvgIpc) is 2.64. The van der Waals surface area contributed by atoms with Crippen molar-refractivity contribution in [2.24, 2.45) is 0 Å². The van der Waals surface area contributed by atoms with Gasteiger partial charge in [-0.05, 0) is 42.7 Å². The summed E-state index contributed by atoms with van der Waals surface area (Å²) in [5.74, 6) is 0.0464. The van der Waals surface area contributed by atoms with Crippen LogP contribution in [0.1, 0.15) is 16.7 Å². The maximum absolute atomic E-state index is 12.2. The minimum Gasteiger partial charge on any atom is -0.369 e. The van der Waals surface area contributed by atoms with Crippen LogP contribution in [0.2, 0.25) is 5.02 Å². The molecule has 0 bridgehead atoms. The predicted molar refractivity (Wildman–Crippen MR) is 108 cm³/mol. The Labute approximate surface area is 160 Å². The molecule has 1 aliphatic heterocycles. The van der Waals surface area contributed by atoms with Gasteiger partial charge in [0.2, 0.25) is 5.91 Å². The zero-order valence-corrected chi connectivity index (χ0v) is 16.2. The summed E-state index contributed by atoms with van der Waals surface area (Å²) in [6.45, 7) is 8.88. The van der Waals surface area contributed by atoms with Crippen LogP contribution in [0.5, 0.6) is 0 Å². The molecule has 5 heteroatoms. The van der Waals surface area contributed by atoms with E-state index in [1.54, 1.807) is 0 Å². The standard InChI is InChI=1S/C21H26ClN3O/c1-16-7-8-17(2)20(13-16)25-11-9-24(10-12-25)15-21(26)23-14-18-5-3-4-6-19(18)22/h3-8,13H,9-12,14-15H2,1-2H3,(H,23,26). The number of hydrogen-bond acceptors (Lipinski definition) is 3. The molecule has 0 aromatic heterocycles. The van der Waals surface area contributed by atoms with Gasteiger partial charge < -0.3 is 10.2 Å². The van der Waals surface area contributed by atoms with Gasteiger partial charge in [-0.25, -0.2) is 0 Å². The molecule has 2 aromatic carbocycles. The summed E-state index contributed by atoms with van der Waals surface area (Å²) in [5, 5.41) is 3.66. The van der Waals surface area contributed by atoms with Crippen molar-refractivity contribution in [1.82, 2.24) is 10.2 Å². The second kappa shape index (κ2) is 8.56. The Bertz CT molecular complexity index is 770. The van der Waals surface area contributed by atoms with E-state index in [9.17, 15) is 4.79 Å². The number of rotatable bonds is 5. The fourth-order valence-corrected chi connectivity index (χ4v) is 3.50. The first kappa shape index (κ1) is 18.7. The number of amides is 1. The molecule has 0 atom stereocenters.